The Bertz CT molecular complexity index is 963. The number of aromatic nitrogens is 2. The molecular formula is C22H25N3OSi. The van der Waals surface area contributed by atoms with Crippen molar-refractivity contribution in [2.24, 2.45) is 4.99 Å². The summed E-state index contributed by atoms with van der Waals surface area (Å²) >= 11 is 0. The first-order chi connectivity index (χ1) is 12.8. The summed E-state index contributed by atoms with van der Waals surface area (Å²) in [6.45, 7) is 10.5. The molecule has 0 radical (unpaired) electrons. The van der Waals surface area contributed by atoms with Gasteiger partial charge < -0.3 is 4.43 Å². The molecule has 4 nitrogen and oxygen atoms in total. The lowest BCUT2D eigenvalue weighted by Crippen LogP contribution is -2.29. The van der Waals surface area contributed by atoms with Crippen molar-refractivity contribution in [2.45, 2.75) is 33.5 Å². The maximum Gasteiger partial charge on any atom is 0.242 e. The molecule has 1 aromatic heterocycles. The molecule has 3 rings (SSSR count). The van der Waals surface area contributed by atoms with Gasteiger partial charge in [0.1, 0.15) is 17.1 Å². The van der Waals surface area contributed by atoms with Crippen LogP contribution in [0.2, 0.25) is 19.6 Å². The van der Waals surface area contributed by atoms with E-state index in [1.54, 1.807) is 12.4 Å². The maximum absolute atomic E-state index is 6.31. The van der Waals surface area contributed by atoms with E-state index < -0.39 is 8.32 Å². The van der Waals surface area contributed by atoms with Crippen molar-refractivity contribution in [1.82, 2.24) is 9.97 Å². The van der Waals surface area contributed by atoms with Crippen molar-refractivity contribution in [3.63, 3.8) is 0 Å². The van der Waals surface area contributed by atoms with Crippen molar-refractivity contribution in [3.05, 3.63) is 83.4 Å². The van der Waals surface area contributed by atoms with E-state index in [-0.39, 0.29) is 0 Å². The van der Waals surface area contributed by atoms with Crippen LogP contribution in [0.5, 0.6) is 5.75 Å². The lowest BCUT2D eigenvalue weighted by atomic mass is 10.1. The number of rotatable bonds is 5. The minimum absolute atomic E-state index is 0.781. The fourth-order valence-electron chi connectivity index (χ4n) is 2.74. The quantitative estimate of drug-likeness (QED) is 0.438. The molecule has 27 heavy (non-hydrogen) atoms. The van der Waals surface area contributed by atoms with E-state index >= 15 is 0 Å². The minimum Gasteiger partial charge on any atom is -0.543 e. The van der Waals surface area contributed by atoms with Crippen molar-refractivity contribution in [1.29, 1.82) is 0 Å². The van der Waals surface area contributed by atoms with Gasteiger partial charge in [-0.15, -0.1) is 0 Å². The lowest BCUT2D eigenvalue weighted by molar-refractivity contribution is 0.558. The third-order valence-corrected chi connectivity index (χ3v) is 4.75. The van der Waals surface area contributed by atoms with Gasteiger partial charge in [-0.2, -0.15) is 0 Å². The summed E-state index contributed by atoms with van der Waals surface area (Å²) in [6.07, 6.45) is 3.41. The van der Waals surface area contributed by atoms with E-state index in [1.807, 2.05) is 43.3 Å². The second-order valence-electron chi connectivity index (χ2n) is 7.50. The van der Waals surface area contributed by atoms with Crippen LogP contribution >= 0.6 is 0 Å². The second-order valence-corrected chi connectivity index (χ2v) is 11.9. The molecule has 1 heterocycles. The smallest absolute Gasteiger partial charge is 0.242 e. The molecule has 138 valence electrons. The molecule has 0 bridgehead atoms. The number of aliphatic imine (C=N–C) groups is 1. The minimum atomic E-state index is -1.77. The highest BCUT2D eigenvalue weighted by molar-refractivity contribution is 6.70. The number of benzene rings is 2. The highest BCUT2D eigenvalue weighted by Crippen LogP contribution is 2.32. The highest BCUT2D eigenvalue weighted by atomic mass is 28.4. The number of hydrogen-bond donors (Lipinski definition) is 0. The Kier molecular flexibility index (Phi) is 5.51. The largest absolute Gasteiger partial charge is 0.543 e. The van der Waals surface area contributed by atoms with Gasteiger partial charge in [0.05, 0.1) is 11.4 Å². The first-order valence-electron chi connectivity index (χ1n) is 9.05. The number of nitrogens with zero attached hydrogens (tertiary/aromatic N) is 3. The summed E-state index contributed by atoms with van der Waals surface area (Å²) in [5.41, 5.74) is 5.39. The third-order valence-electron chi connectivity index (χ3n) is 3.92. The standard InChI is InChI=1S/C22H25N3OSi/c1-16-11-12-19(20(15-16)26-27(3,4)5)25-22(18-9-7-6-8-10-18)21-17(2)23-13-14-24-21/h6-15H,1-5H3. The predicted octanol–water partition coefficient (Wildman–Crippen LogP) is 5.48. The molecule has 0 atom stereocenters. The van der Waals surface area contributed by atoms with Crippen molar-refractivity contribution >= 4 is 19.7 Å². The highest BCUT2D eigenvalue weighted by Gasteiger charge is 2.19. The van der Waals surface area contributed by atoms with Crippen LogP contribution in [0.3, 0.4) is 0 Å². The molecule has 5 heteroatoms. The first-order valence-corrected chi connectivity index (χ1v) is 12.5. The van der Waals surface area contributed by atoms with E-state index in [0.29, 0.717) is 0 Å². The zero-order valence-electron chi connectivity index (χ0n) is 16.5. The summed E-state index contributed by atoms with van der Waals surface area (Å²) in [7, 11) is -1.77. The lowest BCUT2D eigenvalue weighted by Gasteiger charge is -2.21. The van der Waals surface area contributed by atoms with E-state index in [4.69, 9.17) is 9.42 Å². The monoisotopic (exact) mass is 375 g/mol. The first kappa shape index (κ1) is 19.0. The molecule has 0 saturated carbocycles. The van der Waals surface area contributed by atoms with E-state index in [0.717, 1.165) is 39.7 Å². The Morgan fingerprint density at radius 2 is 1.63 bits per heavy atom. The summed E-state index contributed by atoms with van der Waals surface area (Å²) in [6, 6.07) is 16.2. The van der Waals surface area contributed by atoms with Gasteiger partial charge in [-0.25, -0.2) is 4.99 Å². The Balaban J connectivity index is 2.19. The van der Waals surface area contributed by atoms with Gasteiger partial charge in [0.2, 0.25) is 8.32 Å². The Morgan fingerprint density at radius 3 is 2.30 bits per heavy atom. The fourth-order valence-corrected chi connectivity index (χ4v) is 3.56. The fraction of sp³-hybridized carbons (Fsp3) is 0.227. The normalized spacial score (nSPS) is 12.1. The van der Waals surface area contributed by atoms with Crippen LogP contribution in [0.1, 0.15) is 22.5 Å². The summed E-state index contributed by atoms with van der Waals surface area (Å²) < 4.78 is 6.31. The number of hydrogen-bond acceptors (Lipinski definition) is 4. The van der Waals surface area contributed by atoms with Gasteiger partial charge in [0.15, 0.2) is 0 Å². The van der Waals surface area contributed by atoms with E-state index in [9.17, 15) is 0 Å². The van der Waals surface area contributed by atoms with Crippen LogP contribution in [0, 0.1) is 13.8 Å². The molecular weight excluding hydrogens is 350 g/mol. The average Bonchev–Trinajstić information content (AvgIpc) is 2.61. The Morgan fingerprint density at radius 1 is 0.926 bits per heavy atom. The van der Waals surface area contributed by atoms with Crippen LogP contribution in [0.25, 0.3) is 0 Å². The van der Waals surface area contributed by atoms with Gasteiger partial charge in [0.25, 0.3) is 0 Å². The van der Waals surface area contributed by atoms with E-state index in [1.165, 1.54) is 0 Å². The van der Waals surface area contributed by atoms with Gasteiger partial charge >= 0.3 is 0 Å². The molecule has 0 aliphatic carbocycles. The molecule has 0 amide bonds. The predicted molar refractivity (Wildman–Crippen MR) is 114 cm³/mol. The molecule has 0 aliphatic heterocycles. The molecule has 0 aliphatic rings. The van der Waals surface area contributed by atoms with Gasteiger partial charge in [-0.3, -0.25) is 9.97 Å². The summed E-state index contributed by atoms with van der Waals surface area (Å²) in [5.74, 6) is 0.823. The zero-order chi connectivity index (χ0) is 19.4. The van der Waals surface area contributed by atoms with Crippen molar-refractivity contribution < 1.29 is 4.43 Å². The molecule has 2 aromatic carbocycles. The molecule has 0 spiro atoms. The third kappa shape index (κ3) is 4.89. The zero-order valence-corrected chi connectivity index (χ0v) is 17.5. The van der Waals surface area contributed by atoms with Crippen LogP contribution in [-0.2, 0) is 0 Å². The molecule has 0 saturated heterocycles. The van der Waals surface area contributed by atoms with Crippen LogP contribution < -0.4 is 4.43 Å². The van der Waals surface area contributed by atoms with Gasteiger partial charge in [0, 0.05) is 18.0 Å². The van der Waals surface area contributed by atoms with Crippen LogP contribution in [-0.4, -0.2) is 24.0 Å². The summed E-state index contributed by atoms with van der Waals surface area (Å²) in [5, 5.41) is 0. The van der Waals surface area contributed by atoms with Crippen molar-refractivity contribution in [2.75, 3.05) is 0 Å². The molecule has 0 N–H and O–H groups in total. The summed E-state index contributed by atoms with van der Waals surface area (Å²) in [4.78, 5) is 13.9. The van der Waals surface area contributed by atoms with Crippen LogP contribution in [0.15, 0.2) is 65.9 Å². The molecule has 3 aromatic rings. The maximum atomic E-state index is 6.31. The molecule has 0 unspecified atom stereocenters. The Hall–Kier alpha value is -2.79. The van der Waals surface area contributed by atoms with Crippen LogP contribution in [0.4, 0.5) is 5.69 Å². The number of aryl methyl sites for hydroxylation is 2. The SMILES string of the molecule is Cc1ccc(N=C(c2ccccc2)c2nccnc2C)c(O[Si](C)(C)C)c1. The van der Waals surface area contributed by atoms with Gasteiger partial charge in [-0.05, 0) is 51.2 Å². The molecule has 0 fully saturated rings. The second kappa shape index (κ2) is 7.84. The topological polar surface area (TPSA) is 47.4 Å². The van der Waals surface area contributed by atoms with Crippen molar-refractivity contribution in [3.8, 4) is 5.75 Å². The van der Waals surface area contributed by atoms with E-state index in [2.05, 4.69) is 48.7 Å². The van der Waals surface area contributed by atoms with Gasteiger partial charge in [-0.1, -0.05) is 36.4 Å². The average molecular weight is 376 g/mol. The Labute approximate surface area is 162 Å².